The Kier molecular flexibility index (Phi) is 2.76. The molecule has 3 rings (SSSR count). The van der Waals surface area contributed by atoms with Crippen molar-refractivity contribution in [2.24, 2.45) is 0 Å². The predicted molar refractivity (Wildman–Crippen MR) is 74.4 cm³/mol. The van der Waals surface area contributed by atoms with Gasteiger partial charge in [0.1, 0.15) is 0 Å². The molecule has 2 heterocycles. The van der Waals surface area contributed by atoms with E-state index in [0.717, 1.165) is 16.9 Å². The Morgan fingerprint density at radius 2 is 1.74 bits per heavy atom. The van der Waals surface area contributed by atoms with Gasteiger partial charge in [-0.25, -0.2) is 4.68 Å². The molecule has 3 aromatic rings. The molecule has 0 aliphatic rings. The van der Waals surface area contributed by atoms with Crippen LogP contribution in [0.5, 0.6) is 0 Å². The lowest BCUT2D eigenvalue weighted by molar-refractivity contribution is 0.848. The van der Waals surface area contributed by atoms with Crippen LogP contribution in [0.4, 0.5) is 0 Å². The quantitative estimate of drug-likeness (QED) is 0.761. The van der Waals surface area contributed by atoms with Gasteiger partial charge in [-0.2, -0.15) is 0 Å². The maximum atomic E-state index is 12.3. The van der Waals surface area contributed by atoms with Crippen LogP contribution in [-0.2, 0) is 0 Å². The summed E-state index contributed by atoms with van der Waals surface area (Å²) >= 11 is 0. The van der Waals surface area contributed by atoms with Crippen LogP contribution in [0.15, 0.2) is 59.7 Å². The summed E-state index contributed by atoms with van der Waals surface area (Å²) in [5, 5.41) is 3.16. The highest BCUT2D eigenvalue weighted by atomic mass is 16.1. The Morgan fingerprint density at radius 3 is 2.42 bits per heavy atom. The normalized spacial score (nSPS) is 10.6. The van der Waals surface area contributed by atoms with E-state index in [-0.39, 0.29) is 5.56 Å². The molecule has 0 unspecified atom stereocenters. The summed E-state index contributed by atoms with van der Waals surface area (Å²) < 4.78 is 1.54. The number of rotatable bonds is 2. The van der Waals surface area contributed by atoms with Crippen LogP contribution in [0.2, 0.25) is 0 Å². The highest BCUT2D eigenvalue weighted by molar-refractivity contribution is 5.62. The molecule has 0 aliphatic heterocycles. The number of H-pyrrole nitrogens is 1. The van der Waals surface area contributed by atoms with Gasteiger partial charge in [0.05, 0.1) is 11.4 Å². The minimum absolute atomic E-state index is 0.0370. The summed E-state index contributed by atoms with van der Waals surface area (Å²) in [6.45, 7) is 1.83. The van der Waals surface area contributed by atoms with Crippen molar-refractivity contribution in [1.29, 1.82) is 0 Å². The maximum absolute atomic E-state index is 12.3. The van der Waals surface area contributed by atoms with Gasteiger partial charge in [0.15, 0.2) is 0 Å². The highest BCUT2D eigenvalue weighted by Gasteiger charge is 2.12. The third-order valence-electron chi connectivity index (χ3n) is 3.11. The summed E-state index contributed by atoms with van der Waals surface area (Å²) in [4.78, 5) is 16.2. The standard InChI is InChI=1S/C15H13N3O/c1-11-14(12-5-3-2-4-6-12)17-18(15(11)19)13-7-9-16-10-8-13/h2-10,17H,1H3. The van der Waals surface area contributed by atoms with Crippen LogP contribution in [0, 0.1) is 6.92 Å². The first-order valence-corrected chi connectivity index (χ1v) is 6.05. The van der Waals surface area contributed by atoms with Crippen molar-refractivity contribution in [3.05, 3.63) is 70.8 Å². The van der Waals surface area contributed by atoms with Crippen LogP contribution in [0.1, 0.15) is 5.56 Å². The Bertz CT molecular complexity index is 742. The molecule has 0 atom stereocenters. The maximum Gasteiger partial charge on any atom is 0.274 e. The molecule has 4 nitrogen and oxygen atoms in total. The van der Waals surface area contributed by atoms with Crippen molar-refractivity contribution in [2.45, 2.75) is 6.92 Å². The van der Waals surface area contributed by atoms with Crippen molar-refractivity contribution < 1.29 is 0 Å². The number of nitrogens with zero attached hydrogens (tertiary/aromatic N) is 2. The Labute approximate surface area is 110 Å². The van der Waals surface area contributed by atoms with E-state index in [4.69, 9.17) is 0 Å². The number of aromatic nitrogens is 3. The second-order valence-corrected chi connectivity index (χ2v) is 4.32. The monoisotopic (exact) mass is 251 g/mol. The second-order valence-electron chi connectivity index (χ2n) is 4.32. The van der Waals surface area contributed by atoms with E-state index < -0.39 is 0 Å². The van der Waals surface area contributed by atoms with Gasteiger partial charge in [-0.15, -0.1) is 0 Å². The molecule has 0 saturated heterocycles. The van der Waals surface area contributed by atoms with Crippen LogP contribution < -0.4 is 5.56 Å². The summed E-state index contributed by atoms with van der Waals surface area (Å²) in [5.74, 6) is 0. The Balaban J connectivity index is 2.19. The molecule has 94 valence electrons. The number of pyridine rings is 1. The van der Waals surface area contributed by atoms with E-state index in [0.29, 0.717) is 5.56 Å². The fourth-order valence-corrected chi connectivity index (χ4v) is 2.08. The summed E-state index contributed by atoms with van der Waals surface area (Å²) in [7, 11) is 0. The molecule has 19 heavy (non-hydrogen) atoms. The lowest BCUT2D eigenvalue weighted by Crippen LogP contribution is -2.15. The molecule has 0 amide bonds. The van der Waals surface area contributed by atoms with Gasteiger partial charge in [0.25, 0.3) is 5.56 Å². The second kappa shape index (κ2) is 4.57. The fourth-order valence-electron chi connectivity index (χ4n) is 2.08. The van der Waals surface area contributed by atoms with Gasteiger partial charge in [-0.3, -0.25) is 14.9 Å². The Hall–Kier alpha value is -2.62. The number of nitrogens with one attached hydrogen (secondary N) is 1. The van der Waals surface area contributed by atoms with Crippen molar-refractivity contribution >= 4 is 0 Å². The van der Waals surface area contributed by atoms with E-state index >= 15 is 0 Å². The van der Waals surface area contributed by atoms with Gasteiger partial charge in [-0.05, 0) is 24.6 Å². The van der Waals surface area contributed by atoms with Crippen LogP contribution in [0.3, 0.4) is 0 Å². The number of benzene rings is 1. The molecule has 0 aliphatic carbocycles. The van der Waals surface area contributed by atoms with Gasteiger partial charge in [-0.1, -0.05) is 30.3 Å². The lowest BCUT2D eigenvalue weighted by Gasteiger charge is -2.01. The molecule has 2 aromatic heterocycles. The molecular weight excluding hydrogens is 238 g/mol. The van der Waals surface area contributed by atoms with Gasteiger partial charge >= 0.3 is 0 Å². The first-order valence-electron chi connectivity index (χ1n) is 6.05. The molecule has 1 aromatic carbocycles. The third kappa shape index (κ3) is 1.97. The minimum atomic E-state index is -0.0370. The molecule has 0 fully saturated rings. The van der Waals surface area contributed by atoms with Crippen LogP contribution in [-0.4, -0.2) is 14.8 Å². The van der Waals surface area contributed by atoms with Gasteiger partial charge in [0.2, 0.25) is 0 Å². The molecule has 0 saturated carbocycles. The molecule has 0 bridgehead atoms. The third-order valence-corrected chi connectivity index (χ3v) is 3.11. The zero-order chi connectivity index (χ0) is 13.2. The SMILES string of the molecule is Cc1c(-c2ccccc2)[nH]n(-c2ccncc2)c1=O. The van der Waals surface area contributed by atoms with E-state index in [1.807, 2.05) is 37.3 Å². The van der Waals surface area contributed by atoms with E-state index in [9.17, 15) is 4.79 Å². The number of aromatic amines is 1. The van der Waals surface area contributed by atoms with E-state index in [2.05, 4.69) is 10.1 Å². The molecular formula is C15H13N3O. The van der Waals surface area contributed by atoms with E-state index in [1.165, 1.54) is 0 Å². The summed E-state index contributed by atoms with van der Waals surface area (Å²) in [5.41, 5.74) is 3.31. The topological polar surface area (TPSA) is 50.7 Å². The molecule has 4 heteroatoms. The van der Waals surface area contributed by atoms with Gasteiger partial charge < -0.3 is 0 Å². The van der Waals surface area contributed by atoms with Crippen molar-refractivity contribution in [3.63, 3.8) is 0 Å². The molecule has 0 radical (unpaired) electrons. The van der Waals surface area contributed by atoms with Crippen LogP contribution in [0.25, 0.3) is 16.9 Å². The number of hydrogen-bond acceptors (Lipinski definition) is 2. The Morgan fingerprint density at radius 1 is 1.05 bits per heavy atom. The first kappa shape index (κ1) is 11.5. The summed E-state index contributed by atoms with van der Waals surface area (Å²) in [6, 6.07) is 13.4. The van der Waals surface area contributed by atoms with Gasteiger partial charge in [0, 0.05) is 18.0 Å². The van der Waals surface area contributed by atoms with Crippen molar-refractivity contribution in [2.75, 3.05) is 0 Å². The summed E-state index contributed by atoms with van der Waals surface area (Å²) in [6.07, 6.45) is 3.33. The smallest absolute Gasteiger partial charge is 0.274 e. The first-order chi connectivity index (χ1) is 9.27. The average molecular weight is 251 g/mol. The minimum Gasteiger partial charge on any atom is -0.290 e. The highest BCUT2D eigenvalue weighted by Crippen LogP contribution is 2.19. The molecule has 1 N–H and O–H groups in total. The van der Waals surface area contributed by atoms with E-state index in [1.54, 1.807) is 29.2 Å². The van der Waals surface area contributed by atoms with Crippen molar-refractivity contribution in [3.8, 4) is 16.9 Å². The fraction of sp³-hybridized carbons (Fsp3) is 0.0667. The zero-order valence-electron chi connectivity index (χ0n) is 10.5. The molecule has 0 spiro atoms. The van der Waals surface area contributed by atoms with Crippen LogP contribution >= 0.6 is 0 Å². The zero-order valence-corrected chi connectivity index (χ0v) is 10.5. The number of hydrogen-bond donors (Lipinski definition) is 1. The van der Waals surface area contributed by atoms with Crippen molar-refractivity contribution in [1.82, 2.24) is 14.8 Å². The lowest BCUT2D eigenvalue weighted by atomic mass is 10.1. The largest absolute Gasteiger partial charge is 0.290 e. The average Bonchev–Trinajstić information content (AvgIpc) is 2.77. The predicted octanol–water partition coefficient (Wildman–Crippen LogP) is 2.54.